The van der Waals surface area contributed by atoms with Crippen LogP contribution in [0.3, 0.4) is 0 Å². The Morgan fingerprint density at radius 2 is 0.256 bits per heavy atom. The Kier molecular flexibility index (Phi) is 17.7. The van der Waals surface area contributed by atoms with Gasteiger partial charge in [-0.05, 0) is 135 Å². The number of hydrogen-bond acceptors (Lipinski definition) is 0. The van der Waals surface area contributed by atoms with Crippen LogP contribution in [0.1, 0.15) is 66.8 Å². The Bertz CT molecular complexity index is 3340. The van der Waals surface area contributed by atoms with E-state index in [4.69, 9.17) is 0 Å². The predicted molar refractivity (Wildman–Crippen MR) is 344 cm³/mol. The van der Waals surface area contributed by atoms with E-state index in [0.717, 1.165) is 0 Å². The first kappa shape index (κ1) is 51.4. The van der Waals surface area contributed by atoms with Crippen molar-refractivity contribution in [1.82, 2.24) is 0 Å². The average Bonchev–Trinajstić information content (AvgIpc) is 3.54. The van der Waals surface area contributed by atoms with Crippen molar-refractivity contribution in [3.8, 4) is 0 Å². The van der Waals surface area contributed by atoms with Crippen LogP contribution in [0.15, 0.2) is 291 Å². The third-order valence-corrected chi connectivity index (χ3v) is 13.3. The highest BCUT2D eigenvalue weighted by molar-refractivity contribution is 5.91. The molecule has 0 heterocycles. The fraction of sp³-hybridized carbons (Fsp3) is 0. The molecule has 0 atom stereocenters. The third-order valence-electron chi connectivity index (χ3n) is 13.3. The highest BCUT2D eigenvalue weighted by atomic mass is 14.1. The molecule has 0 unspecified atom stereocenters. The molecule has 0 aromatic heterocycles. The zero-order valence-electron chi connectivity index (χ0n) is 43.6. The van der Waals surface area contributed by atoms with Crippen molar-refractivity contribution in [3.05, 3.63) is 358 Å². The van der Waals surface area contributed by atoms with Gasteiger partial charge >= 0.3 is 0 Å². The van der Waals surface area contributed by atoms with E-state index >= 15 is 0 Å². The summed E-state index contributed by atoms with van der Waals surface area (Å²) in [5, 5.41) is 7.57. The SMILES string of the molecule is C(=C/c1ccc2ccc(/C=C/c3ccccc3)cc2c1)/c1ccccc1.C(=C/c1ccc2ccc(/C=C\c3ccccc3)cc2c1)/c1ccccc1.C(=C\c1ccc2ccc(/C=C/c3ccccc3)cc2c1)/c1ccccc1. The van der Waals surface area contributed by atoms with Crippen molar-refractivity contribution in [2.45, 2.75) is 0 Å². The molecule has 0 N–H and O–H groups in total. The maximum absolute atomic E-state index is 2.24. The van der Waals surface area contributed by atoms with Gasteiger partial charge in [-0.2, -0.15) is 0 Å². The van der Waals surface area contributed by atoms with Crippen molar-refractivity contribution >= 4 is 105 Å². The first-order chi connectivity index (χ1) is 38.6. The molecule has 0 aliphatic rings. The van der Waals surface area contributed by atoms with Crippen molar-refractivity contribution in [1.29, 1.82) is 0 Å². The van der Waals surface area contributed by atoms with Gasteiger partial charge in [-0.3, -0.25) is 0 Å². The summed E-state index contributed by atoms with van der Waals surface area (Å²) in [7, 11) is 0. The summed E-state index contributed by atoms with van der Waals surface area (Å²) in [4.78, 5) is 0. The van der Waals surface area contributed by atoms with E-state index in [9.17, 15) is 0 Å². The minimum absolute atomic E-state index is 1.21. The summed E-state index contributed by atoms with van der Waals surface area (Å²) in [6, 6.07) is 102. The summed E-state index contributed by atoms with van der Waals surface area (Å²) in [6.45, 7) is 0. The Balaban J connectivity index is 0.000000132. The highest BCUT2D eigenvalue weighted by Gasteiger charge is 2.00. The van der Waals surface area contributed by atoms with Crippen molar-refractivity contribution in [2.24, 2.45) is 0 Å². The summed E-state index contributed by atoms with van der Waals surface area (Å²) < 4.78 is 0. The van der Waals surface area contributed by atoms with Gasteiger partial charge in [0.1, 0.15) is 0 Å². The van der Waals surface area contributed by atoms with Gasteiger partial charge < -0.3 is 0 Å². The molecule has 0 nitrogen and oxygen atoms in total. The lowest BCUT2D eigenvalue weighted by molar-refractivity contribution is 1.65. The van der Waals surface area contributed by atoms with E-state index in [1.165, 1.54) is 99.1 Å². The van der Waals surface area contributed by atoms with Crippen LogP contribution in [0.25, 0.3) is 105 Å². The molecular weight excluding hydrogens is 937 g/mol. The third kappa shape index (κ3) is 15.5. The Labute approximate surface area is 460 Å². The quantitative estimate of drug-likeness (QED) is 0.107. The molecule has 372 valence electrons. The van der Waals surface area contributed by atoms with Gasteiger partial charge in [-0.1, -0.05) is 328 Å². The van der Waals surface area contributed by atoms with Crippen LogP contribution < -0.4 is 0 Å². The molecule has 0 bridgehead atoms. The first-order valence-corrected chi connectivity index (χ1v) is 26.6. The maximum atomic E-state index is 2.24. The molecule has 0 saturated heterocycles. The smallest absolute Gasteiger partial charge is 0.0172 e. The minimum Gasteiger partial charge on any atom is -0.0622 e. The Morgan fingerprint density at radius 3 is 0.410 bits per heavy atom. The molecule has 0 amide bonds. The van der Waals surface area contributed by atoms with Crippen LogP contribution in [0.4, 0.5) is 0 Å². The number of hydrogen-bond donors (Lipinski definition) is 0. The van der Waals surface area contributed by atoms with Crippen molar-refractivity contribution < 1.29 is 0 Å². The topological polar surface area (TPSA) is 0 Å². The molecule has 0 aliphatic carbocycles. The van der Waals surface area contributed by atoms with Crippen LogP contribution in [-0.4, -0.2) is 0 Å². The molecule has 12 aromatic carbocycles. The Hall–Kier alpha value is -10.1. The van der Waals surface area contributed by atoms with Gasteiger partial charge in [-0.15, -0.1) is 0 Å². The number of fused-ring (bicyclic) bond motifs is 3. The molecule has 12 rings (SSSR count). The second-order valence-electron chi connectivity index (χ2n) is 19.1. The molecule has 0 saturated carbocycles. The standard InChI is InChI=1S/3C26H20/c3*1-3-7-21(8-4-1)11-13-23-15-17-25-18-16-24(20-26(25)19-23)14-12-22-9-5-2-6-10-22/h3*1-20H/b13-11+,14-12+;13-11-,14-12+;13-11-,14-12-. The summed E-state index contributed by atoms with van der Waals surface area (Å²) >= 11 is 0. The lowest BCUT2D eigenvalue weighted by Crippen LogP contribution is -1.79. The molecular formula is C78H60. The van der Waals surface area contributed by atoms with Gasteiger partial charge in [0.25, 0.3) is 0 Å². The second kappa shape index (κ2) is 26.9. The van der Waals surface area contributed by atoms with E-state index in [0.29, 0.717) is 0 Å². The van der Waals surface area contributed by atoms with Gasteiger partial charge in [0.05, 0.1) is 0 Å². The summed E-state index contributed by atoms with van der Waals surface area (Å²) in [6.07, 6.45) is 25.9. The van der Waals surface area contributed by atoms with Crippen LogP contribution in [-0.2, 0) is 0 Å². The highest BCUT2D eigenvalue weighted by Crippen LogP contribution is 2.24. The van der Waals surface area contributed by atoms with Crippen molar-refractivity contribution in [3.63, 3.8) is 0 Å². The molecule has 0 radical (unpaired) electrons. The number of rotatable bonds is 12. The van der Waals surface area contributed by atoms with Gasteiger partial charge in [0, 0.05) is 0 Å². The van der Waals surface area contributed by atoms with E-state index in [1.54, 1.807) is 0 Å². The molecule has 0 aliphatic heterocycles. The van der Waals surface area contributed by atoms with Crippen LogP contribution in [0.5, 0.6) is 0 Å². The molecule has 0 heteroatoms. The lowest BCUT2D eigenvalue weighted by Gasteiger charge is -2.02. The van der Waals surface area contributed by atoms with Gasteiger partial charge in [0.2, 0.25) is 0 Å². The fourth-order valence-electron chi connectivity index (χ4n) is 9.01. The Morgan fingerprint density at radius 1 is 0.115 bits per heavy atom. The molecule has 12 aromatic rings. The maximum Gasteiger partial charge on any atom is -0.0172 e. The largest absolute Gasteiger partial charge is 0.0622 e. The van der Waals surface area contributed by atoms with Crippen LogP contribution >= 0.6 is 0 Å². The van der Waals surface area contributed by atoms with E-state index in [1.807, 2.05) is 36.4 Å². The minimum atomic E-state index is 1.21. The fourth-order valence-corrected chi connectivity index (χ4v) is 9.01. The second-order valence-corrected chi connectivity index (χ2v) is 19.1. The van der Waals surface area contributed by atoms with Gasteiger partial charge in [-0.25, -0.2) is 0 Å². The predicted octanol–water partition coefficient (Wildman–Crippen LogP) is 21.5. The van der Waals surface area contributed by atoms with Gasteiger partial charge in [0.15, 0.2) is 0 Å². The zero-order chi connectivity index (χ0) is 52.8. The summed E-state index contributed by atoms with van der Waals surface area (Å²) in [5.74, 6) is 0. The van der Waals surface area contributed by atoms with E-state index < -0.39 is 0 Å². The molecule has 0 spiro atoms. The van der Waals surface area contributed by atoms with Crippen LogP contribution in [0, 0.1) is 0 Å². The van der Waals surface area contributed by atoms with E-state index in [-0.39, 0.29) is 0 Å². The molecule has 0 fully saturated rings. The number of benzene rings is 12. The first-order valence-electron chi connectivity index (χ1n) is 26.6. The normalized spacial score (nSPS) is 11.5. The summed E-state index contributed by atoms with van der Waals surface area (Å²) in [5.41, 5.74) is 14.6. The lowest BCUT2D eigenvalue weighted by atomic mass is 10.0. The van der Waals surface area contributed by atoms with Crippen LogP contribution in [0.2, 0.25) is 0 Å². The average molecular weight is 997 g/mol. The van der Waals surface area contributed by atoms with E-state index in [2.05, 4.69) is 328 Å². The van der Waals surface area contributed by atoms with Crippen molar-refractivity contribution in [2.75, 3.05) is 0 Å². The molecule has 78 heavy (non-hydrogen) atoms. The monoisotopic (exact) mass is 996 g/mol. The zero-order valence-corrected chi connectivity index (χ0v) is 43.6.